The Labute approximate surface area is 182 Å². The van der Waals surface area contributed by atoms with E-state index in [4.69, 9.17) is 5.73 Å². The number of nitrogens with one attached hydrogen (secondary N) is 2. The van der Waals surface area contributed by atoms with Crippen LogP contribution in [0.2, 0.25) is 0 Å². The van der Waals surface area contributed by atoms with E-state index in [1.807, 2.05) is 0 Å². The van der Waals surface area contributed by atoms with Crippen LogP contribution in [0.1, 0.15) is 30.9 Å². The van der Waals surface area contributed by atoms with E-state index >= 15 is 0 Å². The monoisotopic (exact) mass is 424 g/mol. The van der Waals surface area contributed by atoms with Gasteiger partial charge in [0.1, 0.15) is 5.52 Å². The second-order valence-corrected chi connectivity index (χ2v) is 8.32. The number of benzene rings is 1. The summed E-state index contributed by atoms with van der Waals surface area (Å²) in [5, 5.41) is 3.19. The van der Waals surface area contributed by atoms with E-state index in [2.05, 4.69) is 68.3 Å². The number of aromatic amines is 1. The topological polar surface area (TPSA) is 108 Å². The molecule has 0 saturated carbocycles. The van der Waals surface area contributed by atoms with Crippen LogP contribution in [0.15, 0.2) is 29.1 Å². The molecule has 3 heterocycles. The van der Waals surface area contributed by atoms with Gasteiger partial charge in [0.15, 0.2) is 11.5 Å². The molecular formula is C22H32N8O. The first-order chi connectivity index (χ1) is 15.0. The van der Waals surface area contributed by atoms with E-state index in [9.17, 15) is 4.79 Å². The first-order valence-corrected chi connectivity index (χ1v) is 11.0. The normalized spacial score (nSPS) is 15.5. The van der Waals surface area contributed by atoms with Gasteiger partial charge >= 0.3 is 5.69 Å². The number of unbranched alkanes of at least 4 members (excludes halogenated alkanes) is 1. The average Bonchev–Trinajstić information content (AvgIpc) is 3.07. The Balaban J connectivity index is 1.49. The molecular weight excluding hydrogens is 392 g/mol. The van der Waals surface area contributed by atoms with Crippen molar-refractivity contribution in [1.82, 2.24) is 29.3 Å². The molecule has 1 aromatic carbocycles. The van der Waals surface area contributed by atoms with E-state index in [0.29, 0.717) is 23.7 Å². The Hall–Kier alpha value is -2.91. The number of likely N-dealkylation sites (N-methyl/N-ethyl adjacent to an activating group) is 1. The number of anilines is 2. The summed E-state index contributed by atoms with van der Waals surface area (Å²) < 4.78 is 1.62. The summed E-state index contributed by atoms with van der Waals surface area (Å²) in [5.41, 5.74) is 9.18. The van der Waals surface area contributed by atoms with Gasteiger partial charge < -0.3 is 20.9 Å². The van der Waals surface area contributed by atoms with Crippen LogP contribution in [-0.4, -0.2) is 69.1 Å². The van der Waals surface area contributed by atoms with Crippen LogP contribution >= 0.6 is 0 Å². The Morgan fingerprint density at radius 1 is 1.06 bits per heavy atom. The van der Waals surface area contributed by atoms with Gasteiger partial charge in [0, 0.05) is 39.3 Å². The van der Waals surface area contributed by atoms with E-state index in [-0.39, 0.29) is 11.5 Å². The molecule has 31 heavy (non-hydrogen) atoms. The maximum absolute atomic E-state index is 12.6. The summed E-state index contributed by atoms with van der Waals surface area (Å²) in [4.78, 5) is 29.0. The third-order valence-electron chi connectivity index (χ3n) is 5.83. The number of fused-ring (bicyclic) bond motifs is 1. The van der Waals surface area contributed by atoms with Gasteiger partial charge in [0.25, 0.3) is 0 Å². The van der Waals surface area contributed by atoms with Gasteiger partial charge in [-0.25, -0.2) is 4.79 Å². The van der Waals surface area contributed by atoms with Gasteiger partial charge in [-0.1, -0.05) is 37.6 Å². The van der Waals surface area contributed by atoms with Crippen LogP contribution in [0.25, 0.3) is 11.2 Å². The zero-order valence-corrected chi connectivity index (χ0v) is 18.4. The maximum atomic E-state index is 12.6. The lowest BCUT2D eigenvalue weighted by Crippen LogP contribution is -2.43. The Morgan fingerprint density at radius 2 is 1.74 bits per heavy atom. The first kappa shape index (κ1) is 21.3. The molecule has 0 atom stereocenters. The molecule has 2 aromatic heterocycles. The van der Waals surface area contributed by atoms with Crippen molar-refractivity contribution in [3.05, 3.63) is 45.9 Å². The number of aromatic nitrogens is 4. The minimum absolute atomic E-state index is 0.233. The molecule has 0 bridgehead atoms. The second-order valence-electron chi connectivity index (χ2n) is 8.32. The molecule has 1 saturated heterocycles. The molecule has 4 N–H and O–H groups in total. The SMILES string of the molecule is CCCCNc1nc(N)c2[nH]c(=O)n(Cc3ccc(CN4CCN(C)CC4)cc3)c2n1. The van der Waals surface area contributed by atoms with Crippen LogP contribution in [0.3, 0.4) is 0 Å². The predicted octanol–water partition coefficient (Wildman–Crippen LogP) is 1.71. The smallest absolute Gasteiger partial charge is 0.328 e. The van der Waals surface area contributed by atoms with Gasteiger partial charge in [-0.15, -0.1) is 0 Å². The number of nitrogen functional groups attached to an aromatic ring is 1. The highest BCUT2D eigenvalue weighted by Crippen LogP contribution is 2.18. The average molecular weight is 425 g/mol. The van der Waals surface area contributed by atoms with Crippen molar-refractivity contribution >= 4 is 22.9 Å². The number of nitrogens with zero attached hydrogens (tertiary/aromatic N) is 5. The molecule has 1 aliphatic rings. The number of imidazole rings is 1. The molecule has 3 aromatic rings. The Morgan fingerprint density at radius 3 is 2.42 bits per heavy atom. The third-order valence-corrected chi connectivity index (χ3v) is 5.83. The van der Waals surface area contributed by atoms with Crippen molar-refractivity contribution in [3.63, 3.8) is 0 Å². The summed E-state index contributed by atoms with van der Waals surface area (Å²) in [6, 6.07) is 8.46. The highest BCUT2D eigenvalue weighted by Gasteiger charge is 2.15. The molecule has 0 spiro atoms. The van der Waals surface area contributed by atoms with E-state index in [1.54, 1.807) is 4.57 Å². The zero-order valence-electron chi connectivity index (χ0n) is 18.4. The summed E-state index contributed by atoms with van der Waals surface area (Å²) in [6.07, 6.45) is 2.09. The van der Waals surface area contributed by atoms with Crippen LogP contribution in [0, 0.1) is 0 Å². The minimum atomic E-state index is -0.233. The first-order valence-electron chi connectivity index (χ1n) is 11.0. The number of rotatable bonds is 8. The molecule has 9 nitrogen and oxygen atoms in total. The molecule has 9 heteroatoms. The maximum Gasteiger partial charge on any atom is 0.328 e. The standard InChI is InChI=1S/C22H32N8O/c1-3-4-9-24-21-26-19(23)18-20(27-21)30(22(31)25-18)15-17-7-5-16(6-8-17)14-29-12-10-28(2)11-13-29/h5-8H,3-4,9-15H2,1-2H3,(H,25,31)(H3,23,24,26,27). The Bertz CT molecular complexity index is 1060. The van der Waals surface area contributed by atoms with Crippen LogP contribution in [-0.2, 0) is 13.1 Å². The van der Waals surface area contributed by atoms with Gasteiger partial charge in [-0.3, -0.25) is 9.47 Å². The lowest BCUT2D eigenvalue weighted by Gasteiger charge is -2.32. The second kappa shape index (κ2) is 9.49. The molecule has 1 aliphatic heterocycles. The lowest BCUT2D eigenvalue weighted by atomic mass is 10.1. The number of piperazine rings is 1. The van der Waals surface area contributed by atoms with E-state index in [1.165, 1.54) is 5.56 Å². The molecule has 0 radical (unpaired) electrons. The summed E-state index contributed by atoms with van der Waals surface area (Å²) in [6.45, 7) is 8.70. The number of H-pyrrole nitrogens is 1. The number of nitrogens with two attached hydrogens (primary N) is 1. The number of hydrogen-bond acceptors (Lipinski definition) is 7. The van der Waals surface area contributed by atoms with Crippen LogP contribution < -0.4 is 16.7 Å². The van der Waals surface area contributed by atoms with Crippen LogP contribution in [0.5, 0.6) is 0 Å². The van der Waals surface area contributed by atoms with E-state index in [0.717, 1.165) is 57.7 Å². The summed E-state index contributed by atoms with van der Waals surface area (Å²) in [7, 11) is 2.17. The van der Waals surface area contributed by atoms with Crippen molar-refractivity contribution in [1.29, 1.82) is 0 Å². The van der Waals surface area contributed by atoms with Crippen molar-refractivity contribution in [2.24, 2.45) is 0 Å². The van der Waals surface area contributed by atoms with Crippen molar-refractivity contribution in [2.75, 3.05) is 50.8 Å². The van der Waals surface area contributed by atoms with Gasteiger partial charge in [0.05, 0.1) is 6.54 Å². The van der Waals surface area contributed by atoms with E-state index < -0.39 is 0 Å². The molecule has 0 amide bonds. The molecule has 1 fully saturated rings. The molecule has 4 rings (SSSR count). The highest BCUT2D eigenvalue weighted by molar-refractivity contribution is 5.82. The van der Waals surface area contributed by atoms with Crippen LogP contribution in [0.4, 0.5) is 11.8 Å². The largest absolute Gasteiger partial charge is 0.382 e. The van der Waals surface area contributed by atoms with Crippen molar-refractivity contribution in [3.8, 4) is 0 Å². The predicted molar refractivity (Wildman–Crippen MR) is 124 cm³/mol. The van der Waals surface area contributed by atoms with Crippen molar-refractivity contribution < 1.29 is 0 Å². The Kier molecular flexibility index (Phi) is 6.53. The molecule has 0 unspecified atom stereocenters. The lowest BCUT2D eigenvalue weighted by molar-refractivity contribution is 0.148. The molecule has 166 valence electrons. The fourth-order valence-corrected chi connectivity index (χ4v) is 3.85. The quantitative estimate of drug-likeness (QED) is 0.473. The highest BCUT2D eigenvalue weighted by atomic mass is 16.1. The molecule has 0 aliphatic carbocycles. The fraction of sp³-hybridized carbons (Fsp3) is 0.500. The van der Waals surface area contributed by atoms with Gasteiger partial charge in [-0.05, 0) is 24.6 Å². The van der Waals surface area contributed by atoms with Crippen molar-refractivity contribution in [2.45, 2.75) is 32.9 Å². The zero-order chi connectivity index (χ0) is 21.8. The fourth-order valence-electron chi connectivity index (χ4n) is 3.85. The summed E-state index contributed by atoms with van der Waals surface area (Å²) in [5.74, 6) is 0.732. The minimum Gasteiger partial charge on any atom is -0.382 e. The van der Waals surface area contributed by atoms with Gasteiger partial charge in [0.2, 0.25) is 5.95 Å². The van der Waals surface area contributed by atoms with Gasteiger partial charge in [-0.2, -0.15) is 9.97 Å². The summed E-state index contributed by atoms with van der Waals surface area (Å²) >= 11 is 0. The third kappa shape index (κ3) is 5.05. The number of hydrogen-bond donors (Lipinski definition) is 3.